The third kappa shape index (κ3) is 5.37. The van der Waals surface area contributed by atoms with Crippen LogP contribution in [-0.4, -0.2) is 69.8 Å². The number of hydrogen-bond acceptors (Lipinski definition) is 7. The van der Waals surface area contributed by atoms with E-state index in [1.54, 1.807) is 4.52 Å². The number of carbonyl (C=O) groups is 1. The normalized spacial score (nSPS) is 19.0. The van der Waals surface area contributed by atoms with Gasteiger partial charge in [-0.2, -0.15) is 4.98 Å². The highest BCUT2D eigenvalue weighted by atomic mass is 35.5. The molecule has 208 valence electrons. The molecule has 0 saturated carbocycles. The van der Waals surface area contributed by atoms with E-state index < -0.39 is 5.60 Å². The van der Waals surface area contributed by atoms with Crippen molar-refractivity contribution in [1.82, 2.24) is 24.8 Å². The number of anilines is 3. The van der Waals surface area contributed by atoms with Gasteiger partial charge in [-0.25, -0.2) is 4.52 Å². The summed E-state index contributed by atoms with van der Waals surface area (Å²) >= 11 is 6.04. The minimum atomic E-state index is -0.873. The highest BCUT2D eigenvalue weighted by molar-refractivity contribution is 6.30. The molecular formula is C30H34ClN7O2. The fourth-order valence-electron chi connectivity index (χ4n) is 5.72. The second kappa shape index (κ2) is 11.1. The summed E-state index contributed by atoms with van der Waals surface area (Å²) < 4.78 is 1.77. The van der Waals surface area contributed by atoms with Crippen LogP contribution < -0.4 is 15.5 Å². The van der Waals surface area contributed by atoms with E-state index in [1.807, 2.05) is 78.8 Å². The molecule has 6 rings (SSSR count). The lowest BCUT2D eigenvalue weighted by atomic mass is 9.84. The number of amides is 1. The Bertz CT molecular complexity index is 1470. The zero-order valence-electron chi connectivity index (χ0n) is 22.6. The molecule has 0 bridgehead atoms. The van der Waals surface area contributed by atoms with Crippen molar-refractivity contribution < 1.29 is 9.90 Å². The number of likely N-dealkylation sites (N-methyl/N-ethyl adjacent to an activating group) is 1. The molecule has 2 aromatic carbocycles. The van der Waals surface area contributed by atoms with E-state index in [1.165, 1.54) is 0 Å². The van der Waals surface area contributed by atoms with Crippen LogP contribution in [0.5, 0.6) is 0 Å². The number of aromatic nitrogens is 3. The van der Waals surface area contributed by atoms with E-state index in [9.17, 15) is 9.90 Å². The number of fused-ring (bicyclic) bond motifs is 1. The Balaban J connectivity index is 1.13. The molecule has 40 heavy (non-hydrogen) atoms. The van der Waals surface area contributed by atoms with Crippen molar-refractivity contribution in [2.75, 3.05) is 43.4 Å². The second-order valence-electron chi connectivity index (χ2n) is 10.7. The minimum Gasteiger partial charge on any atom is -0.385 e. The van der Waals surface area contributed by atoms with Gasteiger partial charge in [0.25, 0.3) is 5.91 Å². The molecule has 2 aliphatic heterocycles. The zero-order chi connectivity index (χ0) is 27.7. The molecule has 9 nitrogen and oxygen atoms in total. The zero-order valence-corrected chi connectivity index (χ0v) is 23.3. The molecule has 0 aliphatic carbocycles. The van der Waals surface area contributed by atoms with Gasteiger partial charge in [0.2, 0.25) is 5.95 Å². The molecule has 2 aromatic heterocycles. The number of piperidine rings is 2. The lowest BCUT2D eigenvalue weighted by molar-refractivity contribution is 0.0118. The Morgan fingerprint density at radius 2 is 1.88 bits per heavy atom. The Labute approximate surface area is 238 Å². The Morgan fingerprint density at radius 1 is 1.12 bits per heavy atom. The molecule has 4 heterocycles. The number of nitrogens with zero attached hydrogens (tertiary/aromatic N) is 5. The van der Waals surface area contributed by atoms with Gasteiger partial charge in [-0.1, -0.05) is 23.7 Å². The smallest absolute Gasteiger partial charge is 0.253 e. The van der Waals surface area contributed by atoms with Crippen molar-refractivity contribution in [3.63, 3.8) is 0 Å². The van der Waals surface area contributed by atoms with Gasteiger partial charge in [0, 0.05) is 55.2 Å². The summed E-state index contributed by atoms with van der Waals surface area (Å²) in [6.07, 6.45) is 5.20. The van der Waals surface area contributed by atoms with E-state index in [2.05, 4.69) is 20.6 Å². The molecular weight excluding hydrogens is 526 g/mol. The van der Waals surface area contributed by atoms with E-state index >= 15 is 0 Å². The lowest BCUT2D eigenvalue weighted by Crippen LogP contribution is -2.46. The van der Waals surface area contributed by atoms with Crippen molar-refractivity contribution in [2.24, 2.45) is 0 Å². The maximum atomic E-state index is 13.0. The number of pyridine rings is 1. The first-order valence-electron chi connectivity index (χ1n) is 13.8. The quantitative estimate of drug-likeness (QED) is 0.321. The second-order valence-corrected chi connectivity index (χ2v) is 11.2. The SMILES string of the molecule is CN(C(=O)c1ccc(Nc2nc3c(N4CCC(O)(c5ccc(Cl)cc5)CC4)cccn3n2)cc1)C1CCCNC1. The maximum Gasteiger partial charge on any atom is 0.253 e. The van der Waals surface area contributed by atoms with E-state index in [4.69, 9.17) is 16.6 Å². The fraction of sp³-hybridized carbons (Fsp3) is 0.367. The van der Waals surface area contributed by atoms with Crippen LogP contribution in [0.2, 0.25) is 5.02 Å². The van der Waals surface area contributed by atoms with Crippen molar-refractivity contribution in [3.8, 4) is 0 Å². The third-order valence-electron chi connectivity index (χ3n) is 8.18. The first kappa shape index (κ1) is 26.6. The highest BCUT2D eigenvalue weighted by Crippen LogP contribution is 2.36. The van der Waals surface area contributed by atoms with Crippen molar-refractivity contribution in [3.05, 3.63) is 83.0 Å². The van der Waals surface area contributed by atoms with Crippen LogP contribution in [0.3, 0.4) is 0 Å². The first-order chi connectivity index (χ1) is 19.4. The summed E-state index contributed by atoms with van der Waals surface area (Å²) in [5.41, 5.74) is 3.21. The van der Waals surface area contributed by atoms with Crippen molar-refractivity contribution in [1.29, 1.82) is 0 Å². The van der Waals surface area contributed by atoms with Gasteiger partial charge in [-0.15, -0.1) is 5.10 Å². The van der Waals surface area contributed by atoms with Crippen molar-refractivity contribution in [2.45, 2.75) is 37.3 Å². The average Bonchev–Trinajstić information content (AvgIpc) is 3.41. The summed E-state index contributed by atoms with van der Waals surface area (Å²) in [5, 5.41) is 23.2. The largest absolute Gasteiger partial charge is 0.385 e. The molecule has 3 N–H and O–H groups in total. The van der Waals surface area contributed by atoms with Crippen LogP contribution in [-0.2, 0) is 5.60 Å². The number of carbonyl (C=O) groups excluding carboxylic acids is 1. The molecule has 10 heteroatoms. The maximum absolute atomic E-state index is 13.0. The van der Waals surface area contributed by atoms with Gasteiger partial charge in [-0.05, 0) is 86.3 Å². The highest BCUT2D eigenvalue weighted by Gasteiger charge is 2.34. The summed E-state index contributed by atoms with van der Waals surface area (Å²) in [5.74, 6) is 0.506. The molecule has 0 radical (unpaired) electrons. The molecule has 1 atom stereocenters. The van der Waals surface area contributed by atoms with Crippen LogP contribution in [0, 0.1) is 0 Å². The van der Waals surface area contributed by atoms with Gasteiger partial charge in [-0.3, -0.25) is 4.79 Å². The standard InChI is InChI=1S/C30H34ClN7O2/c1-36(25-4-2-16-32-20-25)28(39)21-6-12-24(13-7-21)33-29-34-27-26(5-3-17-38(27)35-29)37-18-14-30(40,15-19-37)22-8-10-23(31)11-9-22/h3,5-13,17,25,32,40H,2,4,14-16,18-20H2,1H3,(H,33,35). The third-order valence-corrected chi connectivity index (χ3v) is 8.43. The van der Waals surface area contributed by atoms with Crippen LogP contribution in [0.15, 0.2) is 66.9 Å². The van der Waals surface area contributed by atoms with E-state index in [-0.39, 0.29) is 11.9 Å². The molecule has 1 unspecified atom stereocenters. The number of benzene rings is 2. The summed E-state index contributed by atoms with van der Waals surface area (Å²) in [6, 6.07) is 19.1. The number of nitrogens with one attached hydrogen (secondary N) is 2. The topological polar surface area (TPSA) is 98.0 Å². The van der Waals surface area contributed by atoms with Gasteiger partial charge in [0.15, 0.2) is 5.65 Å². The van der Waals surface area contributed by atoms with Crippen LogP contribution >= 0.6 is 11.6 Å². The van der Waals surface area contributed by atoms with Gasteiger partial charge in [0.05, 0.1) is 11.3 Å². The molecule has 1 amide bonds. The Hall–Kier alpha value is -3.66. The van der Waals surface area contributed by atoms with Crippen LogP contribution in [0.25, 0.3) is 5.65 Å². The van der Waals surface area contributed by atoms with Crippen LogP contribution in [0.1, 0.15) is 41.6 Å². The van der Waals surface area contributed by atoms with Gasteiger partial charge >= 0.3 is 0 Å². The monoisotopic (exact) mass is 559 g/mol. The fourth-order valence-corrected chi connectivity index (χ4v) is 5.84. The lowest BCUT2D eigenvalue weighted by Gasteiger charge is -2.39. The predicted octanol–water partition coefficient (Wildman–Crippen LogP) is 4.44. The number of aliphatic hydroxyl groups is 1. The summed E-state index contributed by atoms with van der Waals surface area (Å²) in [6.45, 7) is 3.23. The van der Waals surface area contributed by atoms with Crippen LogP contribution in [0.4, 0.5) is 17.3 Å². The molecule has 4 aromatic rings. The Morgan fingerprint density at radius 3 is 2.58 bits per heavy atom. The molecule has 2 fully saturated rings. The molecule has 0 spiro atoms. The number of rotatable bonds is 6. The Kier molecular flexibility index (Phi) is 7.35. The summed E-state index contributed by atoms with van der Waals surface area (Å²) in [4.78, 5) is 21.8. The first-order valence-corrected chi connectivity index (χ1v) is 14.2. The van der Waals surface area contributed by atoms with Gasteiger partial charge < -0.3 is 25.5 Å². The number of hydrogen-bond donors (Lipinski definition) is 3. The van der Waals surface area contributed by atoms with Gasteiger partial charge in [0.1, 0.15) is 0 Å². The predicted molar refractivity (Wildman–Crippen MR) is 157 cm³/mol. The number of halogens is 1. The molecule has 2 saturated heterocycles. The average molecular weight is 560 g/mol. The summed E-state index contributed by atoms with van der Waals surface area (Å²) in [7, 11) is 1.88. The minimum absolute atomic E-state index is 0.0280. The van der Waals surface area contributed by atoms with E-state index in [0.29, 0.717) is 42.5 Å². The molecule has 2 aliphatic rings. The van der Waals surface area contributed by atoms with Crippen molar-refractivity contribution >= 4 is 40.5 Å². The van der Waals surface area contributed by atoms with E-state index in [0.717, 1.165) is 48.5 Å².